The molecule has 0 fully saturated rings. The molecule has 0 aliphatic rings. The highest BCUT2D eigenvalue weighted by atomic mass is 16.5. The number of aromatic nitrogens is 3. The molecule has 0 spiro atoms. The minimum atomic E-state index is -0.485. The maximum absolute atomic E-state index is 11.7. The van der Waals surface area contributed by atoms with Gasteiger partial charge in [0.2, 0.25) is 0 Å². The smallest absolute Gasteiger partial charge is 0.359 e. The average molecular weight is 229 g/mol. The molecule has 0 bridgehead atoms. The van der Waals surface area contributed by atoms with E-state index in [0.29, 0.717) is 5.56 Å². The van der Waals surface area contributed by atoms with E-state index < -0.39 is 5.97 Å². The van der Waals surface area contributed by atoms with Crippen molar-refractivity contribution in [2.75, 3.05) is 0 Å². The van der Waals surface area contributed by atoms with Gasteiger partial charge in [-0.25, -0.2) is 4.79 Å². The van der Waals surface area contributed by atoms with Crippen molar-refractivity contribution in [3.8, 4) is 0 Å². The van der Waals surface area contributed by atoms with Gasteiger partial charge in [-0.2, -0.15) is 0 Å². The van der Waals surface area contributed by atoms with Gasteiger partial charge in [0.05, 0.1) is 6.20 Å². The van der Waals surface area contributed by atoms with Crippen molar-refractivity contribution in [1.29, 1.82) is 0 Å². The number of carbonyl (C=O) groups is 1. The van der Waals surface area contributed by atoms with Crippen molar-refractivity contribution in [2.45, 2.75) is 13.5 Å². The maximum Gasteiger partial charge on any atom is 0.359 e. The van der Waals surface area contributed by atoms with Crippen LogP contribution in [0.2, 0.25) is 0 Å². The van der Waals surface area contributed by atoms with Gasteiger partial charge in [0.25, 0.3) is 0 Å². The summed E-state index contributed by atoms with van der Waals surface area (Å²) in [7, 11) is 0. The Morgan fingerprint density at radius 1 is 1.29 bits per heavy atom. The quantitative estimate of drug-likeness (QED) is 0.747. The van der Waals surface area contributed by atoms with E-state index in [1.807, 2.05) is 30.3 Å². The molecule has 5 heteroatoms. The lowest BCUT2D eigenvalue weighted by atomic mass is 10.2. The van der Waals surface area contributed by atoms with Crippen molar-refractivity contribution in [1.82, 2.24) is 15.4 Å². The van der Waals surface area contributed by atoms with Gasteiger partial charge in [-0.1, -0.05) is 30.3 Å². The van der Waals surface area contributed by atoms with Crippen LogP contribution in [0, 0.1) is 6.92 Å². The number of ether oxygens (including phenoxy) is 1. The summed E-state index contributed by atoms with van der Waals surface area (Å²) in [5.41, 5.74) is 1.79. The third-order valence-electron chi connectivity index (χ3n) is 2.23. The number of carbonyl (C=O) groups excluding carboxylic acids is 1. The normalized spacial score (nSPS) is 9.94. The van der Waals surface area contributed by atoms with Crippen LogP contribution in [-0.2, 0) is 11.3 Å². The second kappa shape index (κ2) is 5.16. The first-order valence-corrected chi connectivity index (χ1v) is 5.13. The van der Waals surface area contributed by atoms with Gasteiger partial charge in [0.1, 0.15) is 6.61 Å². The Kier molecular flexibility index (Phi) is 3.40. The summed E-state index contributed by atoms with van der Waals surface area (Å²) in [5, 5.41) is 10.7. The Bertz CT molecular complexity index is 514. The van der Waals surface area contributed by atoms with Crippen LogP contribution < -0.4 is 0 Å². The molecule has 2 aromatic rings. The Labute approximate surface area is 98.5 Å². The van der Waals surface area contributed by atoms with Crippen LogP contribution in [0.4, 0.5) is 0 Å². The third-order valence-corrected chi connectivity index (χ3v) is 2.23. The molecule has 0 aliphatic carbocycles. The summed E-state index contributed by atoms with van der Waals surface area (Å²) in [6.45, 7) is 1.96. The summed E-state index contributed by atoms with van der Waals surface area (Å²) in [6, 6.07) is 9.46. The van der Waals surface area contributed by atoms with E-state index in [4.69, 9.17) is 4.74 Å². The molecule has 1 aromatic carbocycles. The molecule has 0 amide bonds. The Hall–Kier alpha value is -2.30. The highest BCUT2D eigenvalue weighted by Gasteiger charge is 2.12. The number of nitrogens with zero attached hydrogens (tertiary/aromatic N) is 3. The highest BCUT2D eigenvalue weighted by Crippen LogP contribution is 2.06. The Morgan fingerprint density at radius 2 is 2.06 bits per heavy atom. The maximum atomic E-state index is 11.7. The van der Waals surface area contributed by atoms with Crippen LogP contribution in [0.15, 0.2) is 36.5 Å². The number of esters is 1. The van der Waals surface area contributed by atoms with E-state index in [1.165, 1.54) is 6.20 Å². The van der Waals surface area contributed by atoms with Crippen molar-refractivity contribution < 1.29 is 9.53 Å². The molecular weight excluding hydrogens is 218 g/mol. The zero-order valence-corrected chi connectivity index (χ0v) is 9.33. The minimum Gasteiger partial charge on any atom is -0.456 e. The van der Waals surface area contributed by atoms with Crippen molar-refractivity contribution in [2.24, 2.45) is 0 Å². The molecule has 0 saturated carbocycles. The van der Waals surface area contributed by atoms with E-state index in [2.05, 4.69) is 15.4 Å². The van der Waals surface area contributed by atoms with Gasteiger partial charge in [-0.3, -0.25) is 0 Å². The summed E-state index contributed by atoms with van der Waals surface area (Å²) in [4.78, 5) is 11.7. The zero-order chi connectivity index (χ0) is 12.1. The van der Waals surface area contributed by atoms with Gasteiger partial charge in [0, 0.05) is 5.56 Å². The van der Waals surface area contributed by atoms with Gasteiger partial charge < -0.3 is 4.74 Å². The van der Waals surface area contributed by atoms with Gasteiger partial charge in [-0.05, 0) is 17.7 Å². The fourth-order valence-corrected chi connectivity index (χ4v) is 1.32. The molecule has 0 radical (unpaired) electrons. The first-order chi connectivity index (χ1) is 8.27. The molecular formula is C12H11N3O2. The van der Waals surface area contributed by atoms with E-state index in [1.54, 1.807) is 6.92 Å². The first kappa shape index (κ1) is 11.2. The molecule has 5 nitrogen and oxygen atoms in total. The van der Waals surface area contributed by atoms with Crippen LogP contribution in [0.3, 0.4) is 0 Å². The third kappa shape index (κ3) is 2.84. The number of hydrogen-bond acceptors (Lipinski definition) is 5. The summed E-state index contributed by atoms with van der Waals surface area (Å²) >= 11 is 0. The molecule has 86 valence electrons. The second-order valence-electron chi connectivity index (χ2n) is 3.53. The van der Waals surface area contributed by atoms with Crippen LogP contribution in [0.1, 0.15) is 21.6 Å². The molecule has 0 unspecified atom stereocenters. The van der Waals surface area contributed by atoms with Gasteiger partial charge in [-0.15, -0.1) is 10.2 Å². The van der Waals surface area contributed by atoms with E-state index in [9.17, 15) is 4.79 Å². The monoisotopic (exact) mass is 229 g/mol. The second-order valence-corrected chi connectivity index (χ2v) is 3.53. The molecule has 0 saturated heterocycles. The fourth-order valence-electron chi connectivity index (χ4n) is 1.32. The first-order valence-electron chi connectivity index (χ1n) is 5.13. The van der Waals surface area contributed by atoms with Crippen LogP contribution >= 0.6 is 0 Å². The lowest BCUT2D eigenvalue weighted by molar-refractivity contribution is 0.0462. The van der Waals surface area contributed by atoms with Crippen molar-refractivity contribution >= 4 is 5.97 Å². The summed E-state index contributed by atoms with van der Waals surface area (Å²) in [6.07, 6.45) is 1.48. The van der Waals surface area contributed by atoms with Crippen LogP contribution in [0.5, 0.6) is 0 Å². The standard InChI is InChI=1S/C12H11N3O2/c1-9-7-13-15-14-11(9)12(16)17-8-10-5-3-2-4-6-10/h2-7H,8H2,1H3. The zero-order valence-electron chi connectivity index (χ0n) is 9.33. The minimum absolute atomic E-state index is 0.205. The number of aryl methyl sites for hydroxylation is 1. The summed E-state index contributed by atoms with van der Waals surface area (Å²) in [5.74, 6) is -0.485. The molecule has 0 atom stereocenters. The fraction of sp³-hybridized carbons (Fsp3) is 0.167. The molecule has 2 rings (SSSR count). The lowest BCUT2D eigenvalue weighted by Crippen LogP contribution is -2.11. The molecule has 17 heavy (non-hydrogen) atoms. The van der Waals surface area contributed by atoms with Gasteiger partial charge >= 0.3 is 5.97 Å². The van der Waals surface area contributed by atoms with Crippen molar-refractivity contribution in [3.63, 3.8) is 0 Å². The molecule has 1 heterocycles. The molecule has 0 aliphatic heterocycles. The topological polar surface area (TPSA) is 65.0 Å². The molecule has 0 N–H and O–H groups in total. The lowest BCUT2D eigenvalue weighted by Gasteiger charge is -2.04. The number of hydrogen-bond donors (Lipinski definition) is 0. The SMILES string of the molecule is Cc1cnnnc1C(=O)OCc1ccccc1. The predicted molar refractivity (Wildman–Crippen MR) is 60.1 cm³/mol. The van der Waals surface area contributed by atoms with E-state index in [-0.39, 0.29) is 12.3 Å². The highest BCUT2D eigenvalue weighted by molar-refractivity contribution is 5.88. The molecule has 1 aromatic heterocycles. The Balaban J connectivity index is 2.01. The van der Waals surface area contributed by atoms with E-state index in [0.717, 1.165) is 5.56 Å². The number of benzene rings is 1. The predicted octanol–water partition coefficient (Wildman–Crippen LogP) is 1.54. The summed E-state index contributed by atoms with van der Waals surface area (Å²) < 4.78 is 5.13. The Morgan fingerprint density at radius 3 is 2.76 bits per heavy atom. The number of rotatable bonds is 3. The van der Waals surface area contributed by atoms with E-state index >= 15 is 0 Å². The van der Waals surface area contributed by atoms with Gasteiger partial charge in [0.15, 0.2) is 5.69 Å². The average Bonchev–Trinajstić information content (AvgIpc) is 2.38. The van der Waals surface area contributed by atoms with Crippen LogP contribution in [0.25, 0.3) is 0 Å². The van der Waals surface area contributed by atoms with Crippen LogP contribution in [-0.4, -0.2) is 21.4 Å². The largest absolute Gasteiger partial charge is 0.456 e. The van der Waals surface area contributed by atoms with Crippen molar-refractivity contribution in [3.05, 3.63) is 53.3 Å².